The molecule has 2 amide bonds. The zero-order valence-corrected chi connectivity index (χ0v) is 15.3. The first-order valence-corrected chi connectivity index (χ1v) is 9.28. The lowest BCUT2D eigenvalue weighted by Gasteiger charge is -2.32. The molecule has 2 aromatic carbocycles. The molecule has 0 saturated carbocycles. The highest BCUT2D eigenvalue weighted by Gasteiger charge is 2.24. The van der Waals surface area contributed by atoms with E-state index in [1.807, 2.05) is 42.5 Å². The molecule has 1 unspecified atom stereocenters. The monoisotopic (exact) mass is 378 g/mol. The number of hydrogen-bond donors (Lipinski definition) is 4. The highest BCUT2D eigenvalue weighted by molar-refractivity contribution is 6.09. The summed E-state index contributed by atoms with van der Waals surface area (Å²) in [5.74, 6) is -0.493. The number of amides is 2. The maximum atomic E-state index is 11.9. The first kappa shape index (κ1) is 17.9. The van der Waals surface area contributed by atoms with E-state index < -0.39 is 12.0 Å². The topological polar surface area (TPSA) is 111 Å². The number of benzene rings is 2. The van der Waals surface area contributed by atoms with Crippen molar-refractivity contribution in [1.29, 1.82) is 0 Å². The standard InChI is InChI=1S/C21H22N4O3/c22-20(26)15-8-9-17(23-14-7-4-10-25(12-14)21(27)28)16-11-18(24-19(15)16)13-5-2-1-3-6-13/h1-3,5-6,8-9,11,14,23-24H,4,7,10,12H2,(H2,22,26)(H,27,28). The summed E-state index contributed by atoms with van der Waals surface area (Å²) in [5.41, 5.74) is 9.43. The number of carbonyl (C=O) groups excluding carboxylic acids is 1. The Morgan fingerprint density at radius 3 is 2.68 bits per heavy atom. The summed E-state index contributed by atoms with van der Waals surface area (Å²) < 4.78 is 0. The third-order valence-corrected chi connectivity index (χ3v) is 5.20. The second kappa shape index (κ2) is 7.26. The number of nitrogens with zero attached hydrogens (tertiary/aromatic N) is 1. The fourth-order valence-electron chi connectivity index (χ4n) is 3.81. The van der Waals surface area contributed by atoms with Crippen molar-refractivity contribution in [3.8, 4) is 11.3 Å². The Hall–Kier alpha value is -3.48. The number of carboxylic acid groups (broad SMARTS) is 1. The number of H-pyrrole nitrogens is 1. The molecule has 1 aliphatic rings. The number of rotatable bonds is 4. The number of anilines is 1. The molecule has 144 valence electrons. The summed E-state index contributed by atoms with van der Waals surface area (Å²) >= 11 is 0. The van der Waals surface area contributed by atoms with Gasteiger partial charge in [0, 0.05) is 35.9 Å². The Kier molecular flexibility index (Phi) is 4.65. The highest BCUT2D eigenvalue weighted by Crippen LogP contribution is 2.32. The number of carbonyl (C=O) groups is 2. The minimum absolute atomic E-state index is 0.0163. The number of nitrogens with one attached hydrogen (secondary N) is 2. The molecule has 0 bridgehead atoms. The molecule has 28 heavy (non-hydrogen) atoms. The number of likely N-dealkylation sites (tertiary alicyclic amines) is 1. The number of primary amides is 1. The van der Waals surface area contributed by atoms with Crippen LogP contribution in [0.25, 0.3) is 22.2 Å². The fraction of sp³-hybridized carbons (Fsp3) is 0.238. The summed E-state index contributed by atoms with van der Waals surface area (Å²) in [7, 11) is 0. The lowest BCUT2D eigenvalue weighted by molar-refractivity contribution is 0.100. The van der Waals surface area contributed by atoms with E-state index in [2.05, 4.69) is 10.3 Å². The minimum Gasteiger partial charge on any atom is -0.465 e. The van der Waals surface area contributed by atoms with Crippen molar-refractivity contribution >= 4 is 28.6 Å². The number of hydrogen-bond acceptors (Lipinski definition) is 3. The SMILES string of the molecule is NC(=O)c1ccc(NC2CCCN(C(=O)O)C2)c2cc(-c3ccccc3)[nH]c12. The number of aromatic nitrogens is 1. The van der Waals surface area contributed by atoms with Crippen LogP contribution in [0, 0.1) is 0 Å². The van der Waals surface area contributed by atoms with Crippen LogP contribution in [-0.4, -0.2) is 46.1 Å². The van der Waals surface area contributed by atoms with E-state index in [9.17, 15) is 14.7 Å². The molecule has 7 nitrogen and oxygen atoms in total. The molecule has 0 spiro atoms. The summed E-state index contributed by atoms with van der Waals surface area (Å²) in [6.45, 7) is 0.996. The van der Waals surface area contributed by atoms with Crippen LogP contribution >= 0.6 is 0 Å². The van der Waals surface area contributed by atoms with Crippen LogP contribution in [-0.2, 0) is 0 Å². The van der Waals surface area contributed by atoms with Crippen LogP contribution in [0.2, 0.25) is 0 Å². The number of nitrogens with two attached hydrogens (primary N) is 1. The van der Waals surface area contributed by atoms with E-state index in [-0.39, 0.29) is 6.04 Å². The van der Waals surface area contributed by atoms with Gasteiger partial charge in [-0.25, -0.2) is 4.79 Å². The maximum Gasteiger partial charge on any atom is 0.407 e. The molecule has 7 heteroatoms. The van der Waals surface area contributed by atoms with Gasteiger partial charge in [-0.1, -0.05) is 30.3 Å². The van der Waals surface area contributed by atoms with Gasteiger partial charge in [0.1, 0.15) is 0 Å². The normalized spacial score (nSPS) is 16.9. The van der Waals surface area contributed by atoms with Gasteiger partial charge in [-0.05, 0) is 36.6 Å². The van der Waals surface area contributed by atoms with E-state index in [0.717, 1.165) is 35.2 Å². The second-order valence-corrected chi connectivity index (χ2v) is 7.07. The lowest BCUT2D eigenvalue weighted by Crippen LogP contribution is -2.44. The van der Waals surface area contributed by atoms with Gasteiger partial charge in [0.25, 0.3) is 5.91 Å². The molecule has 2 heterocycles. The minimum atomic E-state index is -0.895. The smallest absolute Gasteiger partial charge is 0.407 e. The largest absolute Gasteiger partial charge is 0.465 e. The second-order valence-electron chi connectivity index (χ2n) is 7.07. The van der Waals surface area contributed by atoms with Crippen LogP contribution in [0.5, 0.6) is 0 Å². The van der Waals surface area contributed by atoms with Gasteiger partial charge in [0.15, 0.2) is 0 Å². The van der Waals surface area contributed by atoms with Crippen LogP contribution in [0.3, 0.4) is 0 Å². The summed E-state index contributed by atoms with van der Waals surface area (Å²) in [6.07, 6.45) is 0.807. The molecule has 1 fully saturated rings. The van der Waals surface area contributed by atoms with Gasteiger partial charge in [-0.15, -0.1) is 0 Å². The Bertz CT molecular complexity index is 1030. The van der Waals surface area contributed by atoms with E-state index in [1.165, 1.54) is 4.90 Å². The van der Waals surface area contributed by atoms with Crippen LogP contribution in [0.15, 0.2) is 48.5 Å². The molecule has 1 saturated heterocycles. The van der Waals surface area contributed by atoms with Gasteiger partial charge in [-0.3, -0.25) is 4.79 Å². The van der Waals surface area contributed by atoms with Crippen molar-refractivity contribution in [2.45, 2.75) is 18.9 Å². The summed E-state index contributed by atoms with van der Waals surface area (Å²) in [5, 5.41) is 13.6. The maximum absolute atomic E-state index is 11.9. The van der Waals surface area contributed by atoms with Gasteiger partial charge in [-0.2, -0.15) is 0 Å². The first-order chi connectivity index (χ1) is 13.5. The average Bonchev–Trinajstić information content (AvgIpc) is 3.14. The predicted molar refractivity (Wildman–Crippen MR) is 108 cm³/mol. The molecular weight excluding hydrogens is 356 g/mol. The van der Waals surface area contributed by atoms with Crippen molar-refractivity contribution in [3.05, 3.63) is 54.1 Å². The zero-order chi connectivity index (χ0) is 19.7. The van der Waals surface area contributed by atoms with Crippen molar-refractivity contribution in [1.82, 2.24) is 9.88 Å². The van der Waals surface area contributed by atoms with E-state index in [0.29, 0.717) is 24.2 Å². The fourth-order valence-corrected chi connectivity index (χ4v) is 3.81. The van der Waals surface area contributed by atoms with E-state index in [4.69, 9.17) is 5.73 Å². The number of fused-ring (bicyclic) bond motifs is 1. The average molecular weight is 378 g/mol. The third kappa shape index (κ3) is 3.38. The Morgan fingerprint density at radius 2 is 1.96 bits per heavy atom. The molecule has 4 rings (SSSR count). The Labute approximate surface area is 162 Å². The molecule has 3 aromatic rings. The highest BCUT2D eigenvalue weighted by atomic mass is 16.4. The van der Waals surface area contributed by atoms with Gasteiger partial charge < -0.3 is 26.0 Å². The van der Waals surface area contributed by atoms with Crippen molar-refractivity contribution in [2.75, 3.05) is 18.4 Å². The number of aromatic amines is 1. The quantitative estimate of drug-likeness (QED) is 0.557. The van der Waals surface area contributed by atoms with Crippen LogP contribution in [0.1, 0.15) is 23.2 Å². The molecule has 5 N–H and O–H groups in total. The van der Waals surface area contributed by atoms with Crippen molar-refractivity contribution in [3.63, 3.8) is 0 Å². The lowest BCUT2D eigenvalue weighted by atomic mass is 10.0. The Morgan fingerprint density at radius 1 is 1.18 bits per heavy atom. The molecule has 0 radical (unpaired) electrons. The van der Waals surface area contributed by atoms with E-state index in [1.54, 1.807) is 6.07 Å². The molecule has 0 aliphatic carbocycles. The Balaban J connectivity index is 1.72. The predicted octanol–water partition coefficient (Wildman–Crippen LogP) is 3.49. The molecular formula is C21H22N4O3. The first-order valence-electron chi connectivity index (χ1n) is 9.28. The van der Waals surface area contributed by atoms with Gasteiger partial charge >= 0.3 is 6.09 Å². The van der Waals surface area contributed by atoms with Crippen LogP contribution < -0.4 is 11.1 Å². The van der Waals surface area contributed by atoms with Crippen molar-refractivity contribution in [2.24, 2.45) is 5.73 Å². The summed E-state index contributed by atoms with van der Waals surface area (Å²) in [6, 6.07) is 15.4. The van der Waals surface area contributed by atoms with Gasteiger partial charge in [0.05, 0.1) is 11.1 Å². The molecule has 1 aromatic heterocycles. The molecule has 1 aliphatic heterocycles. The molecule has 1 atom stereocenters. The van der Waals surface area contributed by atoms with E-state index >= 15 is 0 Å². The summed E-state index contributed by atoms with van der Waals surface area (Å²) in [4.78, 5) is 27.9. The zero-order valence-electron chi connectivity index (χ0n) is 15.3. The van der Waals surface area contributed by atoms with Gasteiger partial charge in [0.2, 0.25) is 0 Å². The van der Waals surface area contributed by atoms with Crippen LogP contribution in [0.4, 0.5) is 10.5 Å². The van der Waals surface area contributed by atoms with Crippen molar-refractivity contribution < 1.29 is 14.7 Å². The number of piperidine rings is 1. The third-order valence-electron chi connectivity index (χ3n) is 5.20.